The molecule has 1 aliphatic rings. The third-order valence-electron chi connectivity index (χ3n) is 4.49. The summed E-state index contributed by atoms with van der Waals surface area (Å²) in [5.41, 5.74) is 1.07. The number of methoxy groups -OCH3 is 1. The minimum Gasteiger partial charge on any atom is -0.496 e. The van der Waals surface area contributed by atoms with Crippen LogP contribution in [0.4, 0.5) is 0 Å². The van der Waals surface area contributed by atoms with E-state index >= 15 is 0 Å². The molecule has 0 spiro atoms. The molecule has 1 aliphatic heterocycles. The van der Waals surface area contributed by atoms with Gasteiger partial charge >= 0.3 is 0 Å². The highest BCUT2D eigenvalue weighted by atomic mass is 32.1. The van der Waals surface area contributed by atoms with Crippen molar-refractivity contribution in [3.05, 3.63) is 40.5 Å². The van der Waals surface area contributed by atoms with Crippen LogP contribution in [0.25, 0.3) is 4.96 Å². The van der Waals surface area contributed by atoms with Crippen LogP contribution in [0.5, 0.6) is 11.6 Å². The lowest BCUT2D eigenvalue weighted by atomic mass is 10.0. The molecule has 0 aliphatic carbocycles. The molecule has 3 heterocycles. The summed E-state index contributed by atoms with van der Waals surface area (Å²) in [6.45, 7) is 3.85. The normalized spacial score (nSPS) is 16.8. The van der Waals surface area contributed by atoms with Crippen molar-refractivity contribution in [1.29, 1.82) is 0 Å². The van der Waals surface area contributed by atoms with Gasteiger partial charge in [0.1, 0.15) is 11.6 Å². The Morgan fingerprint density at radius 1 is 1.25 bits per heavy atom. The maximum atomic E-state index is 10.8. The Balaban J connectivity index is 1.88. The minimum atomic E-state index is -0.0440. The number of hydrogen-bond acceptors (Lipinski definition) is 6. The number of thiazole rings is 1. The predicted octanol–water partition coefficient (Wildman–Crippen LogP) is 3.00. The number of ether oxygens (including phenoxy) is 1. The fourth-order valence-corrected chi connectivity index (χ4v) is 4.58. The van der Waals surface area contributed by atoms with E-state index in [4.69, 9.17) is 4.74 Å². The van der Waals surface area contributed by atoms with Gasteiger partial charge < -0.3 is 9.84 Å². The average molecular weight is 344 g/mol. The van der Waals surface area contributed by atoms with E-state index < -0.39 is 0 Å². The number of aromatic nitrogens is 3. The summed E-state index contributed by atoms with van der Waals surface area (Å²) in [4.78, 5) is 8.39. The molecule has 1 fully saturated rings. The fraction of sp³-hybridized carbons (Fsp3) is 0.412. The van der Waals surface area contributed by atoms with Gasteiger partial charge in [-0.25, -0.2) is 4.98 Å². The van der Waals surface area contributed by atoms with E-state index in [1.165, 1.54) is 28.7 Å². The molecule has 24 heavy (non-hydrogen) atoms. The molecule has 7 heteroatoms. The number of aryl methyl sites for hydroxylation is 1. The van der Waals surface area contributed by atoms with E-state index in [0.29, 0.717) is 5.82 Å². The second kappa shape index (κ2) is 6.07. The second-order valence-electron chi connectivity index (χ2n) is 6.03. The Labute approximate surface area is 144 Å². The van der Waals surface area contributed by atoms with Crippen molar-refractivity contribution >= 4 is 16.3 Å². The Bertz CT molecular complexity index is 867. The van der Waals surface area contributed by atoms with Crippen LogP contribution >= 0.6 is 11.3 Å². The highest BCUT2D eigenvalue weighted by Crippen LogP contribution is 2.43. The molecular weight excluding hydrogens is 324 g/mol. The Kier molecular flexibility index (Phi) is 3.90. The predicted molar refractivity (Wildman–Crippen MR) is 92.9 cm³/mol. The monoisotopic (exact) mass is 344 g/mol. The van der Waals surface area contributed by atoms with Crippen LogP contribution in [0.1, 0.15) is 35.1 Å². The van der Waals surface area contributed by atoms with Crippen molar-refractivity contribution < 1.29 is 9.84 Å². The molecule has 3 aromatic rings. The molecule has 1 aromatic carbocycles. The number of benzene rings is 1. The molecule has 126 valence electrons. The Hall–Kier alpha value is -2.12. The molecule has 1 atom stereocenters. The first-order chi connectivity index (χ1) is 11.7. The van der Waals surface area contributed by atoms with E-state index in [1.54, 1.807) is 7.11 Å². The quantitative estimate of drug-likeness (QED) is 0.788. The van der Waals surface area contributed by atoms with Gasteiger partial charge in [-0.3, -0.25) is 4.90 Å². The lowest BCUT2D eigenvalue weighted by molar-refractivity contribution is 0.270. The standard InChI is InChI=1S/C17H20N4O2S/c1-11-18-17-21(19-11)16(22)15(24-17)14(20-9-5-6-10-20)12-7-3-4-8-13(12)23-2/h3-4,7-8,14,22H,5-6,9-10H2,1-2H3. The molecule has 4 rings (SSSR count). The Morgan fingerprint density at radius 2 is 2.00 bits per heavy atom. The third kappa shape index (κ3) is 2.44. The third-order valence-corrected chi connectivity index (χ3v) is 5.57. The fourth-order valence-electron chi connectivity index (χ4n) is 3.42. The van der Waals surface area contributed by atoms with Gasteiger partial charge in [0.15, 0.2) is 0 Å². The van der Waals surface area contributed by atoms with Gasteiger partial charge in [0.25, 0.3) is 0 Å². The summed E-state index contributed by atoms with van der Waals surface area (Å²) >= 11 is 1.50. The number of aromatic hydroxyl groups is 1. The summed E-state index contributed by atoms with van der Waals surface area (Å²) in [6, 6.07) is 7.98. The van der Waals surface area contributed by atoms with E-state index in [1.807, 2.05) is 25.1 Å². The van der Waals surface area contributed by atoms with Crippen molar-refractivity contribution in [1.82, 2.24) is 19.5 Å². The lowest BCUT2D eigenvalue weighted by Crippen LogP contribution is -2.26. The molecule has 0 amide bonds. The first-order valence-electron chi connectivity index (χ1n) is 8.11. The first-order valence-corrected chi connectivity index (χ1v) is 8.92. The van der Waals surface area contributed by atoms with Gasteiger partial charge in [0.05, 0.1) is 18.0 Å². The van der Waals surface area contributed by atoms with Gasteiger partial charge in [-0.05, 0) is 38.9 Å². The number of nitrogens with zero attached hydrogens (tertiary/aromatic N) is 4. The molecule has 1 N–H and O–H groups in total. The molecule has 2 aromatic heterocycles. The first kappa shape index (κ1) is 15.4. The summed E-state index contributed by atoms with van der Waals surface area (Å²) in [6.07, 6.45) is 2.35. The number of likely N-dealkylation sites (tertiary alicyclic amines) is 1. The van der Waals surface area contributed by atoms with E-state index in [0.717, 1.165) is 34.2 Å². The van der Waals surface area contributed by atoms with Crippen molar-refractivity contribution in [2.45, 2.75) is 25.8 Å². The zero-order valence-electron chi connectivity index (χ0n) is 13.8. The van der Waals surface area contributed by atoms with Gasteiger partial charge in [0.2, 0.25) is 10.8 Å². The van der Waals surface area contributed by atoms with Gasteiger partial charge in [-0.2, -0.15) is 4.52 Å². The largest absolute Gasteiger partial charge is 0.496 e. The number of para-hydroxylation sites is 1. The van der Waals surface area contributed by atoms with Crippen molar-refractivity contribution in [3.63, 3.8) is 0 Å². The van der Waals surface area contributed by atoms with E-state index in [2.05, 4.69) is 21.0 Å². The maximum absolute atomic E-state index is 10.8. The molecule has 1 saturated heterocycles. The number of rotatable bonds is 4. The zero-order valence-corrected chi connectivity index (χ0v) is 14.6. The van der Waals surface area contributed by atoms with Gasteiger partial charge in [-0.1, -0.05) is 29.5 Å². The molecule has 0 radical (unpaired) electrons. The van der Waals surface area contributed by atoms with Gasteiger partial charge in [0, 0.05) is 5.56 Å². The molecule has 6 nitrogen and oxygen atoms in total. The summed E-state index contributed by atoms with van der Waals surface area (Å²) in [5, 5.41) is 15.1. The van der Waals surface area contributed by atoms with Crippen LogP contribution in [0.3, 0.4) is 0 Å². The van der Waals surface area contributed by atoms with E-state index in [9.17, 15) is 5.11 Å². The highest BCUT2D eigenvalue weighted by molar-refractivity contribution is 7.17. The summed E-state index contributed by atoms with van der Waals surface area (Å²) < 4.78 is 7.12. The summed E-state index contributed by atoms with van der Waals surface area (Å²) in [7, 11) is 1.69. The van der Waals surface area contributed by atoms with Crippen LogP contribution in [-0.4, -0.2) is 44.8 Å². The molecular formula is C17H20N4O2S. The van der Waals surface area contributed by atoms with Crippen LogP contribution < -0.4 is 4.74 Å². The lowest BCUT2D eigenvalue weighted by Gasteiger charge is -2.28. The summed E-state index contributed by atoms with van der Waals surface area (Å²) in [5.74, 6) is 1.68. The second-order valence-corrected chi connectivity index (χ2v) is 7.04. The average Bonchev–Trinajstić information content (AvgIpc) is 3.29. The topological polar surface area (TPSA) is 62.9 Å². The number of fused-ring (bicyclic) bond motifs is 1. The van der Waals surface area contributed by atoms with E-state index in [-0.39, 0.29) is 11.9 Å². The van der Waals surface area contributed by atoms with Crippen LogP contribution in [0.2, 0.25) is 0 Å². The highest BCUT2D eigenvalue weighted by Gasteiger charge is 2.32. The minimum absolute atomic E-state index is 0.0440. The molecule has 0 saturated carbocycles. The molecule has 1 unspecified atom stereocenters. The van der Waals surface area contributed by atoms with Crippen molar-refractivity contribution in [2.24, 2.45) is 0 Å². The van der Waals surface area contributed by atoms with Crippen LogP contribution in [-0.2, 0) is 0 Å². The zero-order chi connectivity index (χ0) is 16.7. The smallest absolute Gasteiger partial charge is 0.230 e. The van der Waals surface area contributed by atoms with Gasteiger partial charge in [-0.15, -0.1) is 5.10 Å². The number of hydrogen-bond donors (Lipinski definition) is 1. The SMILES string of the molecule is COc1ccccc1C(c1sc2nc(C)nn2c1O)N1CCCC1. The molecule has 0 bridgehead atoms. The van der Waals surface area contributed by atoms with Crippen molar-refractivity contribution in [2.75, 3.05) is 20.2 Å². The van der Waals surface area contributed by atoms with Crippen molar-refractivity contribution in [3.8, 4) is 11.6 Å². The van der Waals surface area contributed by atoms with Crippen LogP contribution in [0.15, 0.2) is 24.3 Å². The Morgan fingerprint density at radius 3 is 2.71 bits per heavy atom. The van der Waals surface area contributed by atoms with Crippen LogP contribution in [0, 0.1) is 6.92 Å². The maximum Gasteiger partial charge on any atom is 0.230 e.